The molecular formula is C31H45NO. The van der Waals surface area contributed by atoms with Gasteiger partial charge in [-0.25, -0.2) is 0 Å². The molecule has 33 heavy (non-hydrogen) atoms. The van der Waals surface area contributed by atoms with Crippen molar-refractivity contribution in [2.45, 2.75) is 95.8 Å². The van der Waals surface area contributed by atoms with Gasteiger partial charge in [-0.15, -0.1) is 0 Å². The number of aromatic nitrogens is 1. The zero-order chi connectivity index (χ0) is 22.6. The van der Waals surface area contributed by atoms with Crippen molar-refractivity contribution in [2.75, 3.05) is 0 Å². The maximum atomic E-state index is 12.9. The van der Waals surface area contributed by atoms with Gasteiger partial charge in [0.25, 0.3) is 0 Å². The van der Waals surface area contributed by atoms with Crippen LogP contribution in [0, 0.1) is 11.8 Å². The van der Waals surface area contributed by atoms with Crippen LogP contribution in [-0.2, 0) is 17.6 Å². The van der Waals surface area contributed by atoms with Crippen LogP contribution >= 0.6 is 0 Å². The van der Waals surface area contributed by atoms with Crippen LogP contribution in [0.2, 0.25) is 0 Å². The Hall–Kier alpha value is -2.22. The Labute approximate surface area is 204 Å². The van der Waals surface area contributed by atoms with Crippen molar-refractivity contribution in [3.05, 3.63) is 70.6 Å². The van der Waals surface area contributed by atoms with E-state index in [0.29, 0.717) is 24.0 Å². The van der Waals surface area contributed by atoms with E-state index in [1.807, 2.05) is 6.20 Å². The third-order valence-electron chi connectivity index (χ3n) is 8.55. The van der Waals surface area contributed by atoms with Crippen molar-refractivity contribution in [2.24, 2.45) is 11.8 Å². The van der Waals surface area contributed by atoms with E-state index in [0.717, 1.165) is 37.5 Å². The summed E-state index contributed by atoms with van der Waals surface area (Å²) in [5, 5.41) is 0. The van der Waals surface area contributed by atoms with Gasteiger partial charge >= 0.3 is 0 Å². The first-order valence-corrected chi connectivity index (χ1v) is 13.4. The Morgan fingerprint density at radius 3 is 2.82 bits per heavy atom. The van der Waals surface area contributed by atoms with Gasteiger partial charge in [-0.1, -0.05) is 62.6 Å². The van der Waals surface area contributed by atoms with E-state index in [1.165, 1.54) is 72.9 Å². The lowest BCUT2D eigenvalue weighted by atomic mass is 9.76. The molecule has 0 N–H and O–H groups in total. The molecule has 2 nitrogen and oxygen atoms in total. The zero-order valence-corrected chi connectivity index (χ0v) is 20.3. The van der Waals surface area contributed by atoms with Gasteiger partial charge in [-0.2, -0.15) is 0 Å². The normalized spacial score (nSPS) is 26.8. The number of hydrogen-bond donors (Lipinski definition) is 0. The predicted molar refractivity (Wildman–Crippen MR) is 143 cm³/mol. The van der Waals surface area contributed by atoms with E-state index >= 15 is 0 Å². The molecule has 3 aliphatic carbocycles. The minimum absolute atomic E-state index is 0. The van der Waals surface area contributed by atoms with Crippen LogP contribution in [0.1, 0.15) is 115 Å². The minimum atomic E-state index is 0. The first-order valence-electron chi connectivity index (χ1n) is 13.4. The molecule has 1 aromatic carbocycles. The number of aryl methyl sites for hydroxylation is 1. The molecule has 0 amide bonds. The molecule has 2 aromatic rings. The number of hydrogen-bond acceptors (Lipinski definition) is 2. The molecule has 2 saturated carbocycles. The third kappa shape index (κ3) is 5.48. The number of allylic oxidation sites excluding steroid dienone is 1. The quantitative estimate of drug-likeness (QED) is 0.425. The fourth-order valence-electron chi connectivity index (χ4n) is 6.56. The molecule has 180 valence electrons. The van der Waals surface area contributed by atoms with Crippen LogP contribution in [0.4, 0.5) is 0 Å². The molecule has 3 aliphatic rings. The predicted octanol–water partition coefficient (Wildman–Crippen LogP) is 8.55. The van der Waals surface area contributed by atoms with Gasteiger partial charge in [0, 0.05) is 29.2 Å². The molecule has 2 unspecified atom stereocenters. The van der Waals surface area contributed by atoms with Crippen molar-refractivity contribution in [1.29, 1.82) is 0 Å². The van der Waals surface area contributed by atoms with Crippen molar-refractivity contribution in [1.82, 2.24) is 4.98 Å². The van der Waals surface area contributed by atoms with Crippen LogP contribution in [0.15, 0.2) is 42.6 Å². The largest absolute Gasteiger partial charge is 0.300 e. The molecule has 1 aromatic heterocycles. The van der Waals surface area contributed by atoms with Crippen LogP contribution < -0.4 is 0 Å². The number of Topliss-reactive ketones (excluding diaryl/α,β-unsaturated/α-hetero) is 1. The standard InChI is InChI=1S/C31H39NO.3H2/c1-22-11-14-25(15-12-22)27-8-2-5-23(19-27)13-16-29(33)21-24-6-3-9-28(20-24)31-30-10-4-7-26(30)17-18-32-31;;;/h2,4-5,8,10,17-19,22,24-25,28H,3,6-7,9,11-16,20-21H2,1H3;3*1H. The van der Waals surface area contributed by atoms with Gasteiger partial charge in [0.05, 0.1) is 5.69 Å². The monoisotopic (exact) mass is 447 g/mol. The molecule has 0 spiro atoms. The zero-order valence-electron chi connectivity index (χ0n) is 20.3. The number of nitrogens with zero attached hydrogens (tertiary/aromatic N) is 1. The van der Waals surface area contributed by atoms with Gasteiger partial charge in [0.2, 0.25) is 0 Å². The number of carbonyl (C=O) groups excluding carboxylic acids is 1. The molecular weight excluding hydrogens is 402 g/mol. The molecule has 2 atom stereocenters. The Bertz CT molecular complexity index is 1010. The number of rotatable bonds is 7. The summed E-state index contributed by atoms with van der Waals surface area (Å²) in [6.07, 6.45) is 20.0. The lowest BCUT2D eigenvalue weighted by molar-refractivity contribution is -0.120. The minimum Gasteiger partial charge on any atom is -0.300 e. The van der Waals surface area contributed by atoms with Crippen molar-refractivity contribution < 1.29 is 9.07 Å². The highest BCUT2D eigenvalue weighted by atomic mass is 16.1. The van der Waals surface area contributed by atoms with Crippen LogP contribution in [-0.4, -0.2) is 10.8 Å². The summed E-state index contributed by atoms with van der Waals surface area (Å²) < 4.78 is 0. The fourth-order valence-corrected chi connectivity index (χ4v) is 6.56. The topological polar surface area (TPSA) is 30.0 Å². The van der Waals surface area contributed by atoms with Gasteiger partial charge in [0.1, 0.15) is 5.78 Å². The summed E-state index contributed by atoms with van der Waals surface area (Å²) >= 11 is 0. The lowest BCUT2D eigenvalue weighted by Gasteiger charge is -2.29. The van der Waals surface area contributed by atoms with Crippen LogP contribution in [0.3, 0.4) is 0 Å². The van der Waals surface area contributed by atoms with Crippen LogP contribution in [0.25, 0.3) is 6.08 Å². The van der Waals surface area contributed by atoms with E-state index in [2.05, 4.69) is 49.4 Å². The number of carbonyl (C=O) groups is 1. The van der Waals surface area contributed by atoms with Gasteiger partial charge in [-0.05, 0) is 91.0 Å². The van der Waals surface area contributed by atoms with E-state index in [4.69, 9.17) is 4.98 Å². The molecule has 2 heteroatoms. The number of fused-ring (bicyclic) bond motifs is 1. The number of pyridine rings is 1. The van der Waals surface area contributed by atoms with Crippen molar-refractivity contribution in [3.63, 3.8) is 0 Å². The summed E-state index contributed by atoms with van der Waals surface area (Å²) in [5.41, 5.74) is 6.91. The van der Waals surface area contributed by atoms with Gasteiger partial charge in [0.15, 0.2) is 0 Å². The molecule has 0 radical (unpaired) electrons. The Morgan fingerprint density at radius 1 is 1.06 bits per heavy atom. The Balaban J connectivity index is 0.00000152. The highest BCUT2D eigenvalue weighted by Gasteiger charge is 2.28. The second-order valence-corrected chi connectivity index (χ2v) is 11.0. The molecule has 0 aliphatic heterocycles. The van der Waals surface area contributed by atoms with E-state index in [-0.39, 0.29) is 4.28 Å². The summed E-state index contributed by atoms with van der Waals surface area (Å²) in [4.78, 5) is 17.7. The third-order valence-corrected chi connectivity index (χ3v) is 8.55. The SMILES string of the molecule is CC1CCC(c2cccc(CCC(=O)CC3CCCC(c4nccc5c4C=CC5)C3)c2)CC1.[HH].[HH].[HH]. The summed E-state index contributed by atoms with van der Waals surface area (Å²) in [7, 11) is 0. The Morgan fingerprint density at radius 2 is 1.94 bits per heavy atom. The maximum absolute atomic E-state index is 12.9. The van der Waals surface area contributed by atoms with E-state index in [1.54, 1.807) is 0 Å². The highest BCUT2D eigenvalue weighted by Crippen LogP contribution is 2.40. The number of benzene rings is 1. The smallest absolute Gasteiger partial charge is 0.133 e. The second kappa shape index (κ2) is 10.4. The number of ketones is 1. The first kappa shape index (κ1) is 22.6. The van der Waals surface area contributed by atoms with Gasteiger partial charge < -0.3 is 0 Å². The highest BCUT2D eigenvalue weighted by molar-refractivity contribution is 5.79. The van der Waals surface area contributed by atoms with Crippen molar-refractivity contribution in [3.8, 4) is 0 Å². The molecule has 0 saturated heterocycles. The summed E-state index contributed by atoms with van der Waals surface area (Å²) in [6.45, 7) is 2.38. The summed E-state index contributed by atoms with van der Waals surface area (Å²) in [5.74, 6) is 3.10. The first-order chi connectivity index (χ1) is 16.2. The average molecular weight is 448 g/mol. The van der Waals surface area contributed by atoms with E-state index in [9.17, 15) is 4.79 Å². The van der Waals surface area contributed by atoms with Crippen molar-refractivity contribution >= 4 is 11.9 Å². The lowest BCUT2D eigenvalue weighted by Crippen LogP contribution is -2.19. The second-order valence-electron chi connectivity index (χ2n) is 11.0. The Kier molecular flexibility index (Phi) is 7.09. The van der Waals surface area contributed by atoms with Gasteiger partial charge in [-0.3, -0.25) is 9.78 Å². The average Bonchev–Trinajstić information content (AvgIpc) is 3.33. The summed E-state index contributed by atoms with van der Waals surface area (Å²) in [6, 6.07) is 11.3. The van der Waals surface area contributed by atoms with E-state index < -0.39 is 0 Å². The fraction of sp³-hybridized carbons (Fsp3) is 0.548. The molecule has 5 rings (SSSR count). The maximum Gasteiger partial charge on any atom is 0.133 e. The molecule has 2 fully saturated rings. The molecule has 1 heterocycles. The van der Waals surface area contributed by atoms with Crippen LogP contribution in [0.5, 0.6) is 0 Å². The molecule has 0 bridgehead atoms.